The second-order valence-electron chi connectivity index (χ2n) is 7.74. The predicted octanol–water partition coefficient (Wildman–Crippen LogP) is 3.24. The van der Waals surface area contributed by atoms with Crippen LogP contribution in [0.2, 0.25) is 0 Å². The standard InChI is InChI=1S/C20H28N2O4/c1-6-11-22(12(2)3)18(24)13-9-7-8-10-14(13)21-17(23)15-16(19(25)26)20(15,4)5/h7-10,12,15-16H,6,11H2,1-5H3,(H,21,23)(H,25,26)/t15-,16+/m0/s1. The second-order valence-corrected chi connectivity index (χ2v) is 7.74. The monoisotopic (exact) mass is 360 g/mol. The van der Waals surface area contributed by atoms with Gasteiger partial charge in [-0.05, 0) is 37.8 Å². The Morgan fingerprint density at radius 2 is 1.81 bits per heavy atom. The van der Waals surface area contributed by atoms with Gasteiger partial charge in [-0.25, -0.2) is 0 Å². The topological polar surface area (TPSA) is 86.7 Å². The van der Waals surface area contributed by atoms with Gasteiger partial charge in [-0.3, -0.25) is 14.4 Å². The Morgan fingerprint density at radius 3 is 2.31 bits per heavy atom. The van der Waals surface area contributed by atoms with E-state index in [9.17, 15) is 19.5 Å². The molecular weight excluding hydrogens is 332 g/mol. The SMILES string of the molecule is CCCN(C(=O)c1ccccc1NC(=O)[C@@H]1[C@H](C(=O)O)C1(C)C)C(C)C. The number of carbonyl (C=O) groups excluding carboxylic acids is 2. The molecule has 142 valence electrons. The zero-order valence-electron chi connectivity index (χ0n) is 16.1. The number of nitrogens with zero attached hydrogens (tertiary/aromatic N) is 1. The number of aliphatic carboxylic acids is 1. The third kappa shape index (κ3) is 3.74. The molecule has 0 radical (unpaired) electrons. The maximum Gasteiger partial charge on any atom is 0.307 e. The van der Waals surface area contributed by atoms with E-state index < -0.39 is 23.2 Å². The van der Waals surface area contributed by atoms with Gasteiger partial charge in [0.25, 0.3) is 5.91 Å². The summed E-state index contributed by atoms with van der Waals surface area (Å²) in [5.41, 5.74) is 0.269. The molecule has 0 spiro atoms. The molecule has 2 rings (SSSR count). The lowest BCUT2D eigenvalue weighted by molar-refractivity contribution is -0.140. The summed E-state index contributed by atoms with van der Waals surface area (Å²) in [6, 6.07) is 6.92. The van der Waals surface area contributed by atoms with Crippen LogP contribution in [0, 0.1) is 17.3 Å². The minimum atomic E-state index is -0.964. The van der Waals surface area contributed by atoms with Gasteiger partial charge in [0, 0.05) is 12.6 Å². The lowest BCUT2D eigenvalue weighted by atomic mass is 10.1. The third-order valence-corrected chi connectivity index (χ3v) is 5.14. The number of carboxylic acids is 1. The minimum absolute atomic E-state index is 0.0463. The summed E-state index contributed by atoms with van der Waals surface area (Å²) in [4.78, 5) is 38.6. The Balaban J connectivity index is 2.23. The molecule has 6 heteroatoms. The van der Waals surface area contributed by atoms with Crippen molar-refractivity contribution in [2.75, 3.05) is 11.9 Å². The first-order valence-electron chi connectivity index (χ1n) is 9.06. The van der Waals surface area contributed by atoms with E-state index >= 15 is 0 Å². The molecule has 1 aromatic carbocycles. The van der Waals surface area contributed by atoms with Gasteiger partial charge in [-0.1, -0.05) is 32.9 Å². The van der Waals surface area contributed by atoms with Gasteiger partial charge in [0.2, 0.25) is 5.91 Å². The lowest BCUT2D eigenvalue weighted by Gasteiger charge is -2.27. The van der Waals surface area contributed by atoms with Crippen LogP contribution in [0.1, 0.15) is 51.4 Å². The van der Waals surface area contributed by atoms with Crippen molar-refractivity contribution in [2.24, 2.45) is 17.3 Å². The van der Waals surface area contributed by atoms with Crippen molar-refractivity contribution in [1.82, 2.24) is 4.90 Å². The van der Waals surface area contributed by atoms with E-state index in [4.69, 9.17) is 0 Å². The van der Waals surface area contributed by atoms with Crippen molar-refractivity contribution in [3.63, 3.8) is 0 Å². The Morgan fingerprint density at radius 1 is 1.19 bits per heavy atom. The van der Waals surface area contributed by atoms with E-state index in [1.165, 1.54) is 0 Å². The van der Waals surface area contributed by atoms with Crippen LogP contribution in [0.15, 0.2) is 24.3 Å². The Labute approximate surface area is 154 Å². The van der Waals surface area contributed by atoms with Crippen LogP contribution in [0.5, 0.6) is 0 Å². The number of hydrogen-bond donors (Lipinski definition) is 2. The van der Waals surface area contributed by atoms with Crippen LogP contribution in [-0.2, 0) is 9.59 Å². The van der Waals surface area contributed by atoms with Crippen LogP contribution >= 0.6 is 0 Å². The molecule has 26 heavy (non-hydrogen) atoms. The van der Waals surface area contributed by atoms with Crippen molar-refractivity contribution < 1.29 is 19.5 Å². The van der Waals surface area contributed by atoms with Crippen LogP contribution in [0.25, 0.3) is 0 Å². The largest absolute Gasteiger partial charge is 0.481 e. The molecule has 2 N–H and O–H groups in total. The highest BCUT2D eigenvalue weighted by Crippen LogP contribution is 2.58. The van der Waals surface area contributed by atoms with E-state index in [0.29, 0.717) is 17.8 Å². The number of nitrogens with one attached hydrogen (secondary N) is 1. The van der Waals surface area contributed by atoms with E-state index in [0.717, 1.165) is 6.42 Å². The van der Waals surface area contributed by atoms with Gasteiger partial charge >= 0.3 is 5.97 Å². The number of hydrogen-bond acceptors (Lipinski definition) is 3. The Hall–Kier alpha value is -2.37. The van der Waals surface area contributed by atoms with Crippen LogP contribution in [0.3, 0.4) is 0 Å². The Kier molecular flexibility index (Phi) is 5.74. The van der Waals surface area contributed by atoms with Gasteiger partial charge < -0.3 is 15.3 Å². The molecule has 1 fully saturated rings. The summed E-state index contributed by atoms with van der Waals surface area (Å²) in [7, 11) is 0. The molecule has 1 aromatic rings. The molecule has 0 aromatic heterocycles. The van der Waals surface area contributed by atoms with Crippen molar-refractivity contribution in [3.05, 3.63) is 29.8 Å². The number of carbonyl (C=O) groups is 3. The first-order chi connectivity index (χ1) is 12.1. The summed E-state index contributed by atoms with van der Waals surface area (Å²) in [6.45, 7) is 10.1. The molecule has 0 bridgehead atoms. The molecular formula is C20H28N2O4. The quantitative estimate of drug-likeness (QED) is 0.781. The summed E-state index contributed by atoms with van der Waals surface area (Å²) >= 11 is 0. The van der Waals surface area contributed by atoms with Gasteiger partial charge in [-0.15, -0.1) is 0 Å². The molecule has 0 saturated heterocycles. The van der Waals surface area contributed by atoms with Crippen molar-refractivity contribution in [1.29, 1.82) is 0 Å². The van der Waals surface area contributed by atoms with Crippen LogP contribution in [0.4, 0.5) is 5.69 Å². The molecule has 1 saturated carbocycles. The number of carboxylic acid groups (broad SMARTS) is 1. The van der Waals surface area contributed by atoms with Gasteiger partial charge in [0.1, 0.15) is 0 Å². The Bertz CT molecular complexity index is 712. The maximum absolute atomic E-state index is 12.9. The first kappa shape index (κ1) is 19.9. The number of para-hydroxylation sites is 1. The number of anilines is 1. The summed E-state index contributed by atoms with van der Waals surface area (Å²) in [5, 5.41) is 12.0. The van der Waals surface area contributed by atoms with Crippen molar-refractivity contribution in [2.45, 2.75) is 47.1 Å². The molecule has 2 amide bonds. The normalized spacial score (nSPS) is 20.5. The zero-order valence-corrected chi connectivity index (χ0v) is 16.1. The van der Waals surface area contributed by atoms with Gasteiger partial charge in [0.15, 0.2) is 0 Å². The molecule has 0 heterocycles. The van der Waals surface area contributed by atoms with Gasteiger partial charge in [0.05, 0.1) is 23.1 Å². The highest BCUT2D eigenvalue weighted by molar-refractivity contribution is 6.06. The summed E-state index contributed by atoms with van der Waals surface area (Å²) in [6.07, 6.45) is 0.842. The van der Waals surface area contributed by atoms with Crippen molar-refractivity contribution >= 4 is 23.5 Å². The molecule has 1 aliphatic rings. The first-order valence-corrected chi connectivity index (χ1v) is 9.06. The lowest BCUT2D eigenvalue weighted by Crippen LogP contribution is -2.38. The highest BCUT2D eigenvalue weighted by atomic mass is 16.4. The summed E-state index contributed by atoms with van der Waals surface area (Å²) in [5.74, 6) is -2.75. The number of benzene rings is 1. The fourth-order valence-electron chi connectivity index (χ4n) is 3.57. The van der Waals surface area contributed by atoms with E-state index in [-0.39, 0.29) is 17.9 Å². The number of amides is 2. The smallest absolute Gasteiger partial charge is 0.307 e. The highest BCUT2D eigenvalue weighted by Gasteiger charge is 2.65. The van der Waals surface area contributed by atoms with Crippen LogP contribution in [-0.4, -0.2) is 40.4 Å². The third-order valence-electron chi connectivity index (χ3n) is 5.14. The van der Waals surface area contributed by atoms with E-state index in [1.54, 1.807) is 43.0 Å². The van der Waals surface area contributed by atoms with E-state index in [2.05, 4.69) is 5.32 Å². The molecule has 1 aliphatic carbocycles. The molecule has 0 aliphatic heterocycles. The fourth-order valence-corrected chi connectivity index (χ4v) is 3.57. The summed E-state index contributed by atoms with van der Waals surface area (Å²) < 4.78 is 0. The van der Waals surface area contributed by atoms with Crippen molar-refractivity contribution in [3.8, 4) is 0 Å². The minimum Gasteiger partial charge on any atom is -0.481 e. The van der Waals surface area contributed by atoms with E-state index in [1.807, 2.05) is 20.8 Å². The van der Waals surface area contributed by atoms with Gasteiger partial charge in [-0.2, -0.15) is 0 Å². The zero-order chi connectivity index (χ0) is 19.6. The maximum atomic E-state index is 12.9. The molecule has 2 atom stereocenters. The van der Waals surface area contributed by atoms with Crippen LogP contribution < -0.4 is 5.32 Å². The number of rotatable bonds is 7. The fraction of sp³-hybridized carbons (Fsp3) is 0.550. The average Bonchev–Trinajstić information content (AvgIpc) is 3.15. The molecule has 6 nitrogen and oxygen atoms in total. The molecule has 0 unspecified atom stereocenters. The average molecular weight is 360 g/mol. The second kappa shape index (κ2) is 7.48. The predicted molar refractivity (Wildman–Crippen MR) is 99.9 cm³/mol.